The Hall–Kier alpha value is -2.90. The topological polar surface area (TPSA) is 115 Å². The molecule has 3 aromatic rings. The number of amides is 1. The van der Waals surface area contributed by atoms with Crippen LogP contribution in [0.5, 0.6) is 0 Å². The summed E-state index contributed by atoms with van der Waals surface area (Å²) in [6.07, 6.45) is 0. The lowest BCUT2D eigenvalue weighted by atomic mass is 10.1. The van der Waals surface area contributed by atoms with E-state index in [0.29, 0.717) is 17.8 Å². The number of carbonyl (C=O) groups excluding carboxylic acids is 1. The lowest BCUT2D eigenvalue weighted by Gasteiger charge is -2.19. The molecule has 26 heavy (non-hydrogen) atoms. The van der Waals surface area contributed by atoms with Crippen LogP contribution in [0.4, 0.5) is 0 Å². The van der Waals surface area contributed by atoms with Crippen LogP contribution >= 0.6 is 0 Å². The Labute approximate surface area is 150 Å². The molecule has 0 saturated heterocycles. The van der Waals surface area contributed by atoms with E-state index in [1.807, 2.05) is 18.2 Å². The first-order valence-corrected chi connectivity index (χ1v) is 8.42. The van der Waals surface area contributed by atoms with Crippen LogP contribution in [0.3, 0.4) is 0 Å². The van der Waals surface area contributed by atoms with E-state index in [1.165, 1.54) is 6.07 Å². The van der Waals surface area contributed by atoms with Gasteiger partial charge >= 0.3 is 0 Å². The predicted molar refractivity (Wildman–Crippen MR) is 99.7 cm³/mol. The van der Waals surface area contributed by atoms with Gasteiger partial charge in [-0.05, 0) is 36.4 Å². The van der Waals surface area contributed by atoms with Gasteiger partial charge in [-0.2, -0.15) is 0 Å². The molecule has 135 valence electrons. The van der Waals surface area contributed by atoms with Gasteiger partial charge in [0, 0.05) is 30.1 Å². The van der Waals surface area contributed by atoms with Gasteiger partial charge in [0.1, 0.15) is 5.69 Å². The molecule has 0 spiro atoms. The molecule has 0 fully saturated rings. The number of pyridine rings is 1. The second-order valence-electron chi connectivity index (χ2n) is 6.09. The number of aliphatic hydroxyl groups is 1. The maximum atomic E-state index is 12.2. The van der Waals surface area contributed by atoms with Gasteiger partial charge in [-0.1, -0.05) is 13.0 Å². The number of hydrogen-bond donors (Lipinski definition) is 4. The van der Waals surface area contributed by atoms with E-state index in [1.54, 1.807) is 0 Å². The zero-order valence-electron chi connectivity index (χ0n) is 14.5. The normalized spacial score (nSPS) is 11.3. The number of nitrogens with two attached hydrogens (primary N) is 1. The Kier molecular flexibility index (Phi) is 5.20. The molecule has 2 aromatic heterocycles. The number of rotatable bonds is 7. The molecular weight excluding hydrogens is 332 g/mol. The van der Waals surface area contributed by atoms with Crippen LogP contribution in [-0.4, -0.2) is 45.6 Å². The molecule has 0 bridgehead atoms. The van der Waals surface area contributed by atoms with E-state index >= 15 is 0 Å². The first kappa shape index (κ1) is 17.9. The van der Waals surface area contributed by atoms with Crippen LogP contribution in [0.1, 0.15) is 23.0 Å². The highest BCUT2D eigenvalue weighted by Gasteiger charge is 2.11. The van der Waals surface area contributed by atoms with Crippen molar-refractivity contribution in [3.05, 3.63) is 58.0 Å². The highest BCUT2D eigenvalue weighted by atomic mass is 16.3. The maximum absolute atomic E-state index is 12.2. The van der Waals surface area contributed by atoms with Gasteiger partial charge in [0.25, 0.3) is 11.5 Å². The number of nitrogens with zero attached hydrogens (tertiary/aromatic N) is 1. The third-order valence-corrected chi connectivity index (χ3v) is 4.34. The molecule has 1 amide bonds. The molecule has 0 unspecified atom stereocenters. The van der Waals surface area contributed by atoms with Crippen molar-refractivity contribution in [1.82, 2.24) is 14.9 Å². The summed E-state index contributed by atoms with van der Waals surface area (Å²) >= 11 is 0. The quantitative estimate of drug-likeness (QED) is 0.511. The van der Waals surface area contributed by atoms with Gasteiger partial charge in [-0.25, -0.2) is 0 Å². The number of aromatic amines is 2. The fraction of sp³-hybridized carbons (Fsp3) is 0.263. The fourth-order valence-electron chi connectivity index (χ4n) is 2.93. The summed E-state index contributed by atoms with van der Waals surface area (Å²) in [6, 6.07) is 12.1. The van der Waals surface area contributed by atoms with Gasteiger partial charge in [-0.3, -0.25) is 14.5 Å². The SMILES string of the molecule is CCN(CCO)Cc1ccc2[nH]c(-c3c[c]c(C(N)=O)[nH]c3=O)cc2c1. The average molecular weight is 353 g/mol. The summed E-state index contributed by atoms with van der Waals surface area (Å²) in [5, 5.41) is 10.1. The fourth-order valence-corrected chi connectivity index (χ4v) is 2.93. The van der Waals surface area contributed by atoms with Crippen LogP contribution in [0.25, 0.3) is 22.2 Å². The first-order chi connectivity index (χ1) is 12.5. The first-order valence-electron chi connectivity index (χ1n) is 8.42. The number of fused-ring (bicyclic) bond motifs is 1. The second kappa shape index (κ2) is 7.55. The minimum Gasteiger partial charge on any atom is -0.395 e. The predicted octanol–water partition coefficient (Wildman–Crippen LogP) is 1.24. The minimum absolute atomic E-state index is 0.0410. The zero-order chi connectivity index (χ0) is 18.7. The molecule has 1 aromatic carbocycles. The summed E-state index contributed by atoms with van der Waals surface area (Å²) in [7, 11) is 0. The molecule has 7 heteroatoms. The third kappa shape index (κ3) is 3.68. The Morgan fingerprint density at radius 3 is 2.77 bits per heavy atom. The Bertz CT molecular complexity index is 990. The lowest BCUT2D eigenvalue weighted by molar-refractivity contribution is 0.0995. The van der Waals surface area contributed by atoms with E-state index in [4.69, 9.17) is 10.8 Å². The number of primary amides is 1. The van der Waals surface area contributed by atoms with E-state index in [9.17, 15) is 9.59 Å². The number of aromatic nitrogens is 2. The molecule has 2 heterocycles. The summed E-state index contributed by atoms with van der Waals surface area (Å²) < 4.78 is 0. The number of nitrogens with one attached hydrogen (secondary N) is 2. The number of benzene rings is 1. The third-order valence-electron chi connectivity index (χ3n) is 4.34. The molecule has 7 nitrogen and oxygen atoms in total. The molecule has 3 rings (SSSR count). The summed E-state index contributed by atoms with van der Waals surface area (Å²) in [6.45, 7) is 4.42. The van der Waals surface area contributed by atoms with Crippen molar-refractivity contribution >= 4 is 16.8 Å². The summed E-state index contributed by atoms with van der Waals surface area (Å²) in [5.74, 6) is -0.724. The van der Waals surface area contributed by atoms with E-state index in [-0.39, 0.29) is 12.3 Å². The molecular formula is C19H21N4O3. The number of carbonyl (C=O) groups is 1. The van der Waals surface area contributed by atoms with Crippen molar-refractivity contribution in [1.29, 1.82) is 0 Å². The molecule has 0 aliphatic rings. The Morgan fingerprint density at radius 1 is 1.31 bits per heavy atom. The van der Waals surface area contributed by atoms with Gasteiger partial charge in [0.2, 0.25) is 0 Å². The van der Waals surface area contributed by atoms with E-state index in [0.717, 1.165) is 29.6 Å². The molecule has 5 N–H and O–H groups in total. The highest BCUT2D eigenvalue weighted by molar-refractivity contribution is 5.91. The van der Waals surface area contributed by atoms with E-state index < -0.39 is 11.5 Å². The van der Waals surface area contributed by atoms with Crippen LogP contribution in [0.2, 0.25) is 0 Å². The number of hydrogen-bond acceptors (Lipinski definition) is 4. The molecule has 0 aliphatic heterocycles. The minimum atomic E-state index is -0.724. The standard InChI is InChI=1S/C19H21N4O3/c1-2-23(7-8-24)11-12-3-5-15-13(9-12)10-17(21-15)14-4-6-16(18(20)25)22-19(14)26/h3-5,9-10,21,24H,2,7-8,11H2,1H3,(H2,20,25)(H,22,26). The van der Waals surface area contributed by atoms with Crippen LogP contribution in [0.15, 0.2) is 35.1 Å². The number of aliphatic hydroxyl groups excluding tert-OH is 1. The Morgan fingerprint density at radius 2 is 2.12 bits per heavy atom. The van der Waals surface area contributed by atoms with Crippen molar-refractivity contribution in [3.63, 3.8) is 0 Å². The summed E-state index contributed by atoms with van der Waals surface area (Å²) in [5.41, 5.74) is 7.79. The van der Waals surface area contributed by atoms with Crippen molar-refractivity contribution in [3.8, 4) is 11.3 Å². The van der Waals surface area contributed by atoms with E-state index in [2.05, 4.69) is 33.9 Å². The van der Waals surface area contributed by atoms with Crippen LogP contribution in [-0.2, 0) is 6.54 Å². The van der Waals surface area contributed by atoms with Gasteiger partial charge in [-0.15, -0.1) is 0 Å². The van der Waals surface area contributed by atoms with Crippen molar-refractivity contribution in [2.45, 2.75) is 13.5 Å². The van der Waals surface area contributed by atoms with Crippen molar-refractivity contribution in [2.24, 2.45) is 5.73 Å². The monoisotopic (exact) mass is 353 g/mol. The van der Waals surface area contributed by atoms with Gasteiger partial charge < -0.3 is 20.8 Å². The maximum Gasteiger partial charge on any atom is 0.265 e. The zero-order valence-corrected chi connectivity index (χ0v) is 14.5. The highest BCUT2D eigenvalue weighted by Crippen LogP contribution is 2.23. The van der Waals surface area contributed by atoms with Gasteiger partial charge in [0.05, 0.1) is 17.9 Å². The molecule has 1 radical (unpaired) electrons. The molecule has 0 saturated carbocycles. The smallest absolute Gasteiger partial charge is 0.265 e. The lowest BCUT2D eigenvalue weighted by Crippen LogP contribution is -2.25. The summed E-state index contributed by atoms with van der Waals surface area (Å²) in [4.78, 5) is 31.1. The average Bonchev–Trinajstić information content (AvgIpc) is 3.04. The largest absolute Gasteiger partial charge is 0.395 e. The second-order valence-corrected chi connectivity index (χ2v) is 6.09. The van der Waals surface area contributed by atoms with Gasteiger partial charge in [0.15, 0.2) is 0 Å². The van der Waals surface area contributed by atoms with Crippen molar-refractivity contribution < 1.29 is 9.90 Å². The number of likely N-dealkylation sites (N-methyl/N-ethyl adjacent to an activating group) is 1. The van der Waals surface area contributed by atoms with Crippen molar-refractivity contribution in [2.75, 3.05) is 19.7 Å². The van der Waals surface area contributed by atoms with Crippen LogP contribution in [0, 0.1) is 6.07 Å². The number of H-pyrrole nitrogens is 2. The molecule has 0 aliphatic carbocycles. The van der Waals surface area contributed by atoms with Crippen LogP contribution < -0.4 is 11.3 Å². The Balaban J connectivity index is 1.92. The molecule has 0 atom stereocenters.